The fourth-order valence-corrected chi connectivity index (χ4v) is 1.68. The second-order valence-corrected chi connectivity index (χ2v) is 3.68. The van der Waals surface area contributed by atoms with E-state index in [9.17, 15) is 0 Å². The van der Waals surface area contributed by atoms with Gasteiger partial charge in [-0.05, 0) is 30.6 Å². The van der Waals surface area contributed by atoms with Crippen LogP contribution in [0.3, 0.4) is 0 Å². The zero-order valence-corrected chi connectivity index (χ0v) is 7.04. The van der Waals surface area contributed by atoms with Crippen molar-refractivity contribution in [2.75, 3.05) is 5.88 Å². The molecule has 0 amide bonds. The lowest BCUT2D eigenvalue weighted by Gasteiger charge is -2.24. The third-order valence-electron chi connectivity index (χ3n) is 2.68. The Morgan fingerprint density at radius 3 is 2.22 bits per heavy atom. The molecular formula is C8H15Cl. The summed E-state index contributed by atoms with van der Waals surface area (Å²) in [5, 5.41) is 0. The molecule has 1 fully saturated rings. The smallest absolute Gasteiger partial charge is 0.0279 e. The summed E-state index contributed by atoms with van der Waals surface area (Å²) in [4.78, 5) is 0. The van der Waals surface area contributed by atoms with Gasteiger partial charge in [-0.25, -0.2) is 0 Å². The molecule has 1 rings (SSSR count). The highest BCUT2D eigenvalue weighted by Crippen LogP contribution is 2.47. The third kappa shape index (κ3) is 1.40. The number of hydrogen-bond donors (Lipinski definition) is 0. The van der Waals surface area contributed by atoms with Crippen molar-refractivity contribution in [3.05, 3.63) is 0 Å². The minimum absolute atomic E-state index is 0.460. The molecule has 0 N–H and O–H groups in total. The fraction of sp³-hybridized carbons (Fsp3) is 1.00. The Morgan fingerprint density at radius 1 is 1.56 bits per heavy atom. The van der Waals surface area contributed by atoms with Crippen molar-refractivity contribution in [2.24, 2.45) is 11.3 Å². The van der Waals surface area contributed by atoms with Crippen LogP contribution in [0.4, 0.5) is 0 Å². The first-order chi connectivity index (χ1) is 4.23. The highest BCUT2D eigenvalue weighted by atomic mass is 35.5. The molecule has 0 spiro atoms. The van der Waals surface area contributed by atoms with Crippen molar-refractivity contribution in [1.29, 1.82) is 0 Å². The molecule has 1 saturated carbocycles. The van der Waals surface area contributed by atoms with Crippen LogP contribution in [0.15, 0.2) is 0 Å². The van der Waals surface area contributed by atoms with E-state index in [4.69, 9.17) is 11.6 Å². The second kappa shape index (κ2) is 2.49. The molecule has 0 nitrogen and oxygen atoms in total. The third-order valence-corrected chi connectivity index (χ3v) is 3.29. The van der Waals surface area contributed by atoms with Crippen molar-refractivity contribution < 1.29 is 0 Å². The van der Waals surface area contributed by atoms with Crippen molar-refractivity contribution in [3.63, 3.8) is 0 Å². The molecular weight excluding hydrogens is 132 g/mol. The van der Waals surface area contributed by atoms with Gasteiger partial charge in [-0.3, -0.25) is 0 Å². The van der Waals surface area contributed by atoms with Gasteiger partial charge < -0.3 is 0 Å². The van der Waals surface area contributed by atoms with Crippen LogP contribution in [0, 0.1) is 11.3 Å². The summed E-state index contributed by atoms with van der Waals surface area (Å²) >= 11 is 5.84. The summed E-state index contributed by atoms with van der Waals surface area (Å²) < 4.78 is 0. The summed E-state index contributed by atoms with van der Waals surface area (Å²) in [6, 6.07) is 0. The van der Waals surface area contributed by atoms with Crippen molar-refractivity contribution in [2.45, 2.75) is 33.1 Å². The van der Waals surface area contributed by atoms with E-state index in [1.807, 2.05) is 0 Å². The van der Waals surface area contributed by atoms with Crippen molar-refractivity contribution in [3.8, 4) is 0 Å². The molecule has 0 aromatic heterocycles. The lowest BCUT2D eigenvalue weighted by molar-refractivity contribution is 0.303. The standard InChI is InChI=1S/C8H15Cl/c1-3-8(2,6-9)7-4-5-7/h7H,3-6H2,1-2H3. The first-order valence-corrected chi connectivity index (χ1v) is 4.32. The average molecular weight is 147 g/mol. The number of hydrogen-bond acceptors (Lipinski definition) is 0. The second-order valence-electron chi connectivity index (χ2n) is 3.42. The number of halogens is 1. The summed E-state index contributed by atoms with van der Waals surface area (Å²) in [5.74, 6) is 1.79. The van der Waals surface area contributed by atoms with Gasteiger partial charge >= 0.3 is 0 Å². The van der Waals surface area contributed by atoms with E-state index in [2.05, 4.69) is 13.8 Å². The van der Waals surface area contributed by atoms with Crippen LogP contribution in [0.25, 0.3) is 0 Å². The van der Waals surface area contributed by atoms with Crippen molar-refractivity contribution in [1.82, 2.24) is 0 Å². The first kappa shape index (κ1) is 7.40. The van der Waals surface area contributed by atoms with Gasteiger partial charge in [0.15, 0.2) is 0 Å². The Bertz CT molecular complexity index is 90.7. The van der Waals surface area contributed by atoms with E-state index in [0.29, 0.717) is 5.41 Å². The van der Waals surface area contributed by atoms with Gasteiger partial charge in [-0.2, -0.15) is 0 Å². The van der Waals surface area contributed by atoms with E-state index in [0.717, 1.165) is 11.8 Å². The minimum Gasteiger partial charge on any atom is -0.126 e. The largest absolute Gasteiger partial charge is 0.126 e. The maximum absolute atomic E-state index is 5.84. The van der Waals surface area contributed by atoms with Gasteiger partial charge in [0.25, 0.3) is 0 Å². The van der Waals surface area contributed by atoms with Crippen LogP contribution in [-0.2, 0) is 0 Å². The molecule has 0 saturated heterocycles. The lowest BCUT2D eigenvalue weighted by atomic mass is 9.84. The molecule has 0 aromatic carbocycles. The monoisotopic (exact) mass is 146 g/mol. The number of rotatable bonds is 3. The molecule has 1 aliphatic carbocycles. The molecule has 54 valence electrons. The predicted molar refractivity (Wildman–Crippen MR) is 41.8 cm³/mol. The van der Waals surface area contributed by atoms with Gasteiger partial charge in [-0.15, -0.1) is 11.6 Å². The van der Waals surface area contributed by atoms with Gasteiger partial charge in [0.1, 0.15) is 0 Å². The molecule has 1 aliphatic rings. The molecule has 9 heavy (non-hydrogen) atoms. The first-order valence-electron chi connectivity index (χ1n) is 3.79. The molecule has 0 aliphatic heterocycles. The van der Waals surface area contributed by atoms with Crippen LogP contribution in [0.1, 0.15) is 33.1 Å². The number of alkyl halides is 1. The Morgan fingerprint density at radius 2 is 2.11 bits per heavy atom. The van der Waals surface area contributed by atoms with E-state index in [1.54, 1.807) is 0 Å². The van der Waals surface area contributed by atoms with E-state index >= 15 is 0 Å². The van der Waals surface area contributed by atoms with Gasteiger partial charge in [-0.1, -0.05) is 13.8 Å². The Balaban J connectivity index is 2.43. The van der Waals surface area contributed by atoms with Crippen molar-refractivity contribution >= 4 is 11.6 Å². The highest BCUT2D eigenvalue weighted by Gasteiger charge is 2.39. The molecule has 0 bridgehead atoms. The highest BCUT2D eigenvalue weighted by molar-refractivity contribution is 6.18. The van der Waals surface area contributed by atoms with E-state index in [-0.39, 0.29) is 0 Å². The Hall–Kier alpha value is 0.290. The van der Waals surface area contributed by atoms with Crippen LogP contribution in [0.2, 0.25) is 0 Å². The molecule has 0 heterocycles. The maximum atomic E-state index is 5.84. The normalized spacial score (nSPS) is 25.7. The van der Waals surface area contributed by atoms with Crippen LogP contribution < -0.4 is 0 Å². The topological polar surface area (TPSA) is 0 Å². The summed E-state index contributed by atoms with van der Waals surface area (Å²) in [6.45, 7) is 4.54. The minimum atomic E-state index is 0.460. The van der Waals surface area contributed by atoms with Crippen LogP contribution in [-0.4, -0.2) is 5.88 Å². The molecule has 1 atom stereocenters. The summed E-state index contributed by atoms with van der Waals surface area (Å²) in [6.07, 6.45) is 4.06. The summed E-state index contributed by atoms with van der Waals surface area (Å²) in [7, 11) is 0. The lowest BCUT2D eigenvalue weighted by Crippen LogP contribution is -2.19. The van der Waals surface area contributed by atoms with Crippen LogP contribution in [0.5, 0.6) is 0 Å². The molecule has 0 radical (unpaired) electrons. The average Bonchev–Trinajstić information content (AvgIpc) is 2.68. The zero-order valence-electron chi connectivity index (χ0n) is 6.28. The molecule has 0 aromatic rings. The van der Waals surface area contributed by atoms with E-state index < -0.39 is 0 Å². The maximum Gasteiger partial charge on any atom is 0.0279 e. The SMILES string of the molecule is CCC(C)(CCl)C1CC1. The molecule has 1 unspecified atom stereocenters. The Labute approximate surface area is 62.6 Å². The molecule has 1 heteroatoms. The van der Waals surface area contributed by atoms with Gasteiger partial charge in [0, 0.05) is 5.88 Å². The summed E-state index contributed by atoms with van der Waals surface area (Å²) in [5.41, 5.74) is 0.460. The fourth-order valence-electron chi connectivity index (χ4n) is 1.27. The quantitative estimate of drug-likeness (QED) is 0.537. The Kier molecular flexibility index (Phi) is 2.05. The van der Waals surface area contributed by atoms with Crippen LogP contribution >= 0.6 is 11.6 Å². The van der Waals surface area contributed by atoms with Gasteiger partial charge in [0.2, 0.25) is 0 Å². The zero-order chi connectivity index (χ0) is 6.91. The van der Waals surface area contributed by atoms with E-state index in [1.165, 1.54) is 19.3 Å². The predicted octanol–water partition coefficient (Wildman–Crippen LogP) is 3.05. The van der Waals surface area contributed by atoms with Gasteiger partial charge in [0.05, 0.1) is 0 Å².